The van der Waals surface area contributed by atoms with Gasteiger partial charge in [-0.25, -0.2) is 0 Å². The van der Waals surface area contributed by atoms with Crippen molar-refractivity contribution in [2.24, 2.45) is 32.6 Å². The van der Waals surface area contributed by atoms with Crippen molar-refractivity contribution in [2.45, 2.75) is 45.7 Å². The molecule has 2 unspecified atom stereocenters. The number of nitrogens with two attached hydrogens (primary N) is 5. The third kappa shape index (κ3) is 7.29. The third-order valence-electron chi connectivity index (χ3n) is 9.48. The topological polar surface area (TPSA) is 263 Å². The van der Waals surface area contributed by atoms with Crippen LogP contribution in [0.5, 0.6) is 0 Å². The molecule has 15 heteroatoms. The highest BCUT2D eigenvalue weighted by Crippen LogP contribution is 2.36. The first-order valence-electron chi connectivity index (χ1n) is 16.0. The summed E-state index contributed by atoms with van der Waals surface area (Å²) in [6.45, 7) is 5.79. The van der Waals surface area contributed by atoms with Gasteiger partial charge < -0.3 is 52.6 Å². The number of carboxylic acids is 2. The zero-order valence-corrected chi connectivity index (χ0v) is 29.5. The molecule has 3 aromatic heterocycles. The number of hydrogen-bond acceptors (Lipinski definition) is 9. The molecular weight excluding hydrogens is 654 g/mol. The molecule has 6 rings (SSSR count). The number of carboxylic acid groups (broad SMARTS) is 2. The van der Waals surface area contributed by atoms with Crippen molar-refractivity contribution in [3.05, 3.63) is 92.9 Å². The van der Waals surface area contributed by atoms with Gasteiger partial charge in [0.1, 0.15) is 17.6 Å². The maximum Gasteiger partial charge on any atom is 0.320 e. The minimum atomic E-state index is -1.13. The van der Waals surface area contributed by atoms with Gasteiger partial charge in [0.15, 0.2) is 0 Å². The normalized spacial score (nSPS) is 12.2. The summed E-state index contributed by atoms with van der Waals surface area (Å²) in [7, 11) is 5.67. The number of nitro benzene ring substituents is 1. The van der Waals surface area contributed by atoms with Crippen LogP contribution in [0.4, 0.5) is 22.7 Å². The zero-order valence-electron chi connectivity index (χ0n) is 29.5. The molecule has 2 atom stereocenters. The zero-order chi connectivity index (χ0) is 38.1. The van der Waals surface area contributed by atoms with Crippen molar-refractivity contribution >= 4 is 67.4 Å². The quantitative estimate of drug-likeness (QED) is 0.0710. The molecule has 0 saturated heterocycles. The molecule has 0 spiro atoms. The highest BCUT2D eigenvalue weighted by molar-refractivity contribution is 6.01. The third-order valence-corrected chi connectivity index (χ3v) is 9.48. The number of carbonyl (C=O) groups is 2. The van der Waals surface area contributed by atoms with Gasteiger partial charge in [-0.15, -0.1) is 0 Å². The van der Waals surface area contributed by atoms with E-state index in [1.165, 1.54) is 23.3 Å². The van der Waals surface area contributed by atoms with Crippen LogP contribution in [0.15, 0.2) is 54.6 Å². The van der Waals surface area contributed by atoms with Gasteiger partial charge >= 0.3 is 11.9 Å². The van der Waals surface area contributed by atoms with E-state index in [9.17, 15) is 19.7 Å². The molecule has 12 N–H and O–H groups in total. The van der Waals surface area contributed by atoms with Crippen LogP contribution in [0, 0.1) is 30.9 Å². The van der Waals surface area contributed by atoms with Crippen molar-refractivity contribution in [3.8, 4) is 0 Å². The number of hydrogen-bond donors (Lipinski definition) is 7. The maximum absolute atomic E-state index is 11.2. The second-order valence-electron chi connectivity index (χ2n) is 12.6. The minimum absolute atomic E-state index is 0.0594. The van der Waals surface area contributed by atoms with Crippen LogP contribution < -0.4 is 28.7 Å². The van der Waals surface area contributed by atoms with Crippen LogP contribution in [0.3, 0.4) is 0 Å². The fourth-order valence-corrected chi connectivity index (χ4v) is 6.31. The van der Waals surface area contributed by atoms with Crippen LogP contribution >= 0.6 is 0 Å². The van der Waals surface area contributed by atoms with Crippen molar-refractivity contribution in [1.29, 1.82) is 0 Å². The number of aryl methyl sites for hydroxylation is 4. The lowest BCUT2D eigenvalue weighted by molar-refractivity contribution is -0.383. The summed E-state index contributed by atoms with van der Waals surface area (Å²) in [6.07, 6.45) is 0.344. The smallest absolute Gasteiger partial charge is 0.320 e. The van der Waals surface area contributed by atoms with E-state index < -0.39 is 28.9 Å². The number of aliphatic carboxylic acids is 2. The fraction of sp³-hybridized carbons (Fsp3) is 0.278. The standard InChI is InChI=1S/C13H16N4O4.C13H17N3O2.C10H12N2/c1-6-7(5-9(15)13(18)19)11-8(14)3-4-10(17(20)21)12(11)16(6)2;1-7-8(6-10(15)13(17)18)12-9(14)4-3-5-11(12)16(7)2;1-7-6-8-9(11)4-3-5-10(8)12(7)2/h3-4,9H,5,14-15H2,1-2H3,(H,18,19);3-5,10H,6,14-15H2,1-2H3,(H,17,18);3-6H,11H2,1-2H3. The van der Waals surface area contributed by atoms with E-state index in [2.05, 4.69) is 30.7 Å². The number of nitrogen functional groups attached to an aromatic ring is 3. The summed E-state index contributed by atoms with van der Waals surface area (Å²) < 4.78 is 5.80. The molecular formula is C36H45N9O6. The summed E-state index contributed by atoms with van der Waals surface area (Å²) in [5, 5.41) is 31.6. The predicted molar refractivity (Wildman–Crippen MR) is 201 cm³/mol. The first-order valence-corrected chi connectivity index (χ1v) is 16.0. The van der Waals surface area contributed by atoms with Gasteiger partial charge in [-0.1, -0.05) is 12.1 Å². The monoisotopic (exact) mass is 699 g/mol. The SMILES string of the molecule is Cc1c(CC(N)C(=O)O)c2c(N)ccc([N+](=O)[O-])c2n1C.Cc1c(CC(N)C(=O)O)c2c(N)cccc2n1C.Cc1cc2c(N)cccc2n1C. The van der Waals surface area contributed by atoms with Gasteiger partial charge in [0.25, 0.3) is 5.69 Å². The summed E-state index contributed by atoms with van der Waals surface area (Å²) in [5.74, 6) is -2.13. The van der Waals surface area contributed by atoms with Crippen molar-refractivity contribution < 1.29 is 24.7 Å². The molecule has 270 valence electrons. The fourth-order valence-electron chi connectivity index (χ4n) is 6.31. The molecule has 0 radical (unpaired) electrons. The van der Waals surface area contributed by atoms with E-state index in [0.29, 0.717) is 33.5 Å². The van der Waals surface area contributed by atoms with Gasteiger partial charge in [-0.2, -0.15) is 0 Å². The molecule has 15 nitrogen and oxygen atoms in total. The van der Waals surface area contributed by atoms with Crippen LogP contribution in [0.25, 0.3) is 32.7 Å². The molecule has 0 saturated carbocycles. The number of fused-ring (bicyclic) bond motifs is 3. The van der Waals surface area contributed by atoms with Gasteiger partial charge in [0.05, 0.1) is 16.0 Å². The van der Waals surface area contributed by atoms with E-state index in [4.69, 9.17) is 38.9 Å². The molecule has 3 heterocycles. The Labute approximate surface area is 294 Å². The van der Waals surface area contributed by atoms with Crippen molar-refractivity contribution in [1.82, 2.24) is 13.7 Å². The number of aromatic nitrogens is 3. The summed E-state index contributed by atoms with van der Waals surface area (Å²) in [6, 6.07) is 14.6. The molecule has 0 aliphatic heterocycles. The Kier molecular flexibility index (Phi) is 11.0. The Morgan fingerprint density at radius 1 is 0.725 bits per heavy atom. The van der Waals surface area contributed by atoms with Crippen LogP contribution in [0.2, 0.25) is 0 Å². The van der Waals surface area contributed by atoms with E-state index in [1.807, 2.05) is 48.9 Å². The number of benzene rings is 3. The Hall–Kier alpha value is -6.06. The summed E-state index contributed by atoms with van der Waals surface area (Å²) in [5.41, 5.74) is 37.8. The van der Waals surface area contributed by atoms with Gasteiger partial charge in [0.2, 0.25) is 0 Å². The molecule has 6 aromatic rings. The molecule has 3 aromatic carbocycles. The number of rotatable bonds is 7. The van der Waals surface area contributed by atoms with Crippen molar-refractivity contribution in [3.63, 3.8) is 0 Å². The molecule has 0 fully saturated rings. The van der Waals surface area contributed by atoms with Crippen LogP contribution in [-0.4, -0.2) is 52.9 Å². The van der Waals surface area contributed by atoms with Gasteiger partial charge in [0, 0.05) is 90.4 Å². The first-order chi connectivity index (χ1) is 23.9. The molecule has 51 heavy (non-hydrogen) atoms. The lowest BCUT2D eigenvalue weighted by Crippen LogP contribution is -2.32. The second-order valence-corrected chi connectivity index (χ2v) is 12.6. The average Bonchev–Trinajstić information content (AvgIpc) is 3.61. The van der Waals surface area contributed by atoms with E-state index in [0.717, 1.165) is 33.2 Å². The first kappa shape index (κ1) is 37.8. The summed E-state index contributed by atoms with van der Waals surface area (Å²) in [4.78, 5) is 32.5. The largest absolute Gasteiger partial charge is 0.480 e. The minimum Gasteiger partial charge on any atom is -0.480 e. The number of anilines is 3. The molecule has 0 amide bonds. The predicted octanol–water partition coefficient (Wildman–Crippen LogP) is 4.02. The Bertz CT molecular complexity index is 2300. The maximum atomic E-state index is 11.2. The number of nitrogens with zero attached hydrogens (tertiary/aromatic N) is 4. The molecule has 0 bridgehead atoms. The van der Waals surface area contributed by atoms with E-state index in [-0.39, 0.29) is 18.5 Å². The highest BCUT2D eigenvalue weighted by Gasteiger charge is 2.25. The Balaban J connectivity index is 0.000000177. The van der Waals surface area contributed by atoms with Crippen LogP contribution in [-0.2, 0) is 43.6 Å². The highest BCUT2D eigenvalue weighted by atomic mass is 16.6. The lowest BCUT2D eigenvalue weighted by Gasteiger charge is -2.07. The Morgan fingerprint density at radius 3 is 1.75 bits per heavy atom. The molecule has 0 aliphatic rings. The van der Waals surface area contributed by atoms with E-state index in [1.54, 1.807) is 18.5 Å². The Morgan fingerprint density at radius 2 is 1.22 bits per heavy atom. The van der Waals surface area contributed by atoms with Gasteiger partial charge in [-0.05, 0) is 68.3 Å². The second kappa shape index (κ2) is 14.8. The van der Waals surface area contributed by atoms with Crippen LogP contribution in [0.1, 0.15) is 28.2 Å². The molecule has 0 aliphatic carbocycles. The lowest BCUT2D eigenvalue weighted by atomic mass is 10.0. The van der Waals surface area contributed by atoms with E-state index >= 15 is 0 Å². The van der Waals surface area contributed by atoms with Crippen molar-refractivity contribution in [2.75, 3.05) is 17.2 Å². The van der Waals surface area contributed by atoms with Gasteiger partial charge in [-0.3, -0.25) is 19.7 Å². The number of nitro groups is 1. The summed E-state index contributed by atoms with van der Waals surface area (Å²) >= 11 is 0. The average molecular weight is 700 g/mol. The number of non-ortho nitro benzene ring substituents is 1.